The Morgan fingerprint density at radius 3 is 2.75 bits per heavy atom. The summed E-state index contributed by atoms with van der Waals surface area (Å²) in [5, 5.41) is 9.57. The Morgan fingerprint density at radius 2 is 2.05 bits per heavy atom. The van der Waals surface area contributed by atoms with Crippen molar-refractivity contribution < 1.29 is 14.6 Å². The molecule has 0 atom stereocenters. The van der Waals surface area contributed by atoms with Crippen LogP contribution in [0, 0.1) is 0 Å². The molecule has 1 heterocycles. The molecule has 0 saturated heterocycles. The Hall–Kier alpha value is -2.14. The van der Waals surface area contributed by atoms with Gasteiger partial charge in [0.05, 0.1) is 5.52 Å². The fourth-order valence-electron chi connectivity index (χ4n) is 2.21. The number of unbranched alkanes of at least 4 members (excludes halogenated alkanes) is 1. The summed E-state index contributed by atoms with van der Waals surface area (Å²) in [5.74, 6) is -1.19. The molecule has 0 spiro atoms. The Labute approximate surface area is 116 Å². The van der Waals surface area contributed by atoms with E-state index in [0.29, 0.717) is 18.5 Å². The van der Waals surface area contributed by atoms with Crippen LogP contribution in [0.1, 0.15) is 23.2 Å². The second kappa shape index (κ2) is 6.34. The number of nitrogens with zero attached hydrogens (tertiary/aromatic N) is 1. The highest BCUT2D eigenvalue weighted by Gasteiger charge is 2.13. The lowest BCUT2D eigenvalue weighted by Gasteiger charge is -2.12. The number of fused-ring (bicyclic) bond motifs is 1. The first-order chi connectivity index (χ1) is 9.65. The van der Waals surface area contributed by atoms with E-state index < -0.39 is 11.4 Å². The van der Waals surface area contributed by atoms with Gasteiger partial charge in [-0.1, -0.05) is 12.1 Å². The molecule has 1 aromatic carbocycles. The summed E-state index contributed by atoms with van der Waals surface area (Å²) < 4.78 is 6.82. The Kier molecular flexibility index (Phi) is 4.53. The second-order valence-corrected chi connectivity index (χ2v) is 4.59. The Bertz CT molecular complexity index is 675. The molecule has 0 fully saturated rings. The maximum absolute atomic E-state index is 12.1. The Morgan fingerprint density at radius 1 is 1.30 bits per heavy atom. The molecule has 0 amide bonds. The molecule has 0 aliphatic rings. The molecule has 5 heteroatoms. The van der Waals surface area contributed by atoms with Crippen LogP contribution in [0.2, 0.25) is 0 Å². The number of ether oxygens (including phenoxy) is 1. The van der Waals surface area contributed by atoms with E-state index in [2.05, 4.69) is 0 Å². The van der Waals surface area contributed by atoms with Crippen LogP contribution in [0.15, 0.2) is 35.3 Å². The van der Waals surface area contributed by atoms with E-state index in [1.807, 2.05) is 16.7 Å². The molecule has 0 bridgehead atoms. The van der Waals surface area contributed by atoms with Crippen LogP contribution in [0.5, 0.6) is 0 Å². The van der Waals surface area contributed by atoms with E-state index in [-0.39, 0.29) is 5.56 Å². The molecule has 5 nitrogen and oxygen atoms in total. The summed E-state index contributed by atoms with van der Waals surface area (Å²) in [6.07, 6.45) is 3.18. The number of carboxylic acid groups (broad SMARTS) is 1. The third-order valence-electron chi connectivity index (χ3n) is 3.22. The van der Waals surface area contributed by atoms with Gasteiger partial charge in [-0.05, 0) is 25.0 Å². The number of benzene rings is 1. The number of methoxy groups -OCH3 is 1. The van der Waals surface area contributed by atoms with E-state index in [1.54, 1.807) is 19.2 Å². The number of hydrogen-bond acceptors (Lipinski definition) is 3. The minimum atomic E-state index is -1.19. The fourth-order valence-corrected chi connectivity index (χ4v) is 2.21. The molecular formula is C15H17NO4. The van der Waals surface area contributed by atoms with Gasteiger partial charge < -0.3 is 14.4 Å². The van der Waals surface area contributed by atoms with Crippen molar-refractivity contribution in [2.24, 2.45) is 0 Å². The normalized spacial score (nSPS) is 10.8. The topological polar surface area (TPSA) is 68.5 Å². The highest BCUT2D eigenvalue weighted by atomic mass is 16.5. The van der Waals surface area contributed by atoms with Crippen molar-refractivity contribution in [1.82, 2.24) is 4.57 Å². The molecule has 1 N–H and O–H groups in total. The zero-order chi connectivity index (χ0) is 14.5. The number of pyridine rings is 1. The van der Waals surface area contributed by atoms with E-state index in [9.17, 15) is 9.59 Å². The summed E-state index contributed by atoms with van der Waals surface area (Å²) in [6, 6.07) is 7.08. The van der Waals surface area contributed by atoms with Crippen LogP contribution < -0.4 is 5.43 Å². The summed E-state index contributed by atoms with van der Waals surface area (Å²) >= 11 is 0. The fraction of sp³-hybridized carbons (Fsp3) is 0.333. The zero-order valence-electron chi connectivity index (χ0n) is 11.3. The van der Waals surface area contributed by atoms with Crippen molar-refractivity contribution in [3.05, 3.63) is 46.2 Å². The van der Waals surface area contributed by atoms with E-state index in [0.717, 1.165) is 18.4 Å². The minimum absolute atomic E-state index is 0.185. The SMILES string of the molecule is COCCCCn1cc(C(=O)O)c(=O)c2ccccc21. The number of aromatic nitrogens is 1. The van der Waals surface area contributed by atoms with Crippen LogP contribution in [0.25, 0.3) is 10.9 Å². The van der Waals surface area contributed by atoms with Crippen molar-refractivity contribution >= 4 is 16.9 Å². The van der Waals surface area contributed by atoms with Gasteiger partial charge in [-0.3, -0.25) is 4.79 Å². The lowest BCUT2D eigenvalue weighted by molar-refractivity contribution is 0.0694. The monoisotopic (exact) mass is 275 g/mol. The molecule has 0 aliphatic heterocycles. The van der Waals surface area contributed by atoms with Crippen LogP contribution in [-0.4, -0.2) is 29.4 Å². The number of rotatable bonds is 6. The summed E-state index contributed by atoms with van der Waals surface area (Å²) in [5.41, 5.74) is 0.150. The van der Waals surface area contributed by atoms with E-state index in [4.69, 9.17) is 9.84 Å². The van der Waals surface area contributed by atoms with E-state index >= 15 is 0 Å². The van der Waals surface area contributed by atoms with E-state index in [1.165, 1.54) is 6.20 Å². The van der Waals surface area contributed by atoms with Crippen LogP contribution in [-0.2, 0) is 11.3 Å². The maximum atomic E-state index is 12.1. The molecule has 0 aliphatic carbocycles. The number of para-hydroxylation sites is 1. The highest BCUT2D eigenvalue weighted by molar-refractivity contribution is 5.92. The van der Waals surface area contributed by atoms with Gasteiger partial charge in [-0.2, -0.15) is 0 Å². The van der Waals surface area contributed by atoms with Gasteiger partial charge in [0.15, 0.2) is 0 Å². The van der Waals surface area contributed by atoms with Crippen molar-refractivity contribution in [2.45, 2.75) is 19.4 Å². The number of carbonyl (C=O) groups is 1. The summed E-state index contributed by atoms with van der Waals surface area (Å²) in [7, 11) is 1.65. The molecule has 2 aromatic rings. The lowest BCUT2D eigenvalue weighted by atomic mass is 10.1. The predicted octanol–water partition coefficient (Wildman–Crippen LogP) is 2.13. The smallest absolute Gasteiger partial charge is 0.341 e. The molecule has 1 aromatic heterocycles. The van der Waals surface area contributed by atoms with Crippen molar-refractivity contribution in [3.63, 3.8) is 0 Å². The second-order valence-electron chi connectivity index (χ2n) is 4.59. The quantitative estimate of drug-likeness (QED) is 0.820. The average Bonchev–Trinajstić information content (AvgIpc) is 2.45. The van der Waals surface area contributed by atoms with Crippen LogP contribution >= 0.6 is 0 Å². The standard InChI is InChI=1S/C15H17NO4/c1-20-9-5-4-8-16-10-12(15(18)19)14(17)11-6-2-3-7-13(11)16/h2-3,6-7,10H,4-5,8-9H2,1H3,(H,18,19). The first-order valence-electron chi connectivity index (χ1n) is 6.49. The third kappa shape index (κ3) is 2.88. The minimum Gasteiger partial charge on any atom is -0.477 e. The van der Waals surface area contributed by atoms with Gasteiger partial charge in [0.1, 0.15) is 5.56 Å². The number of carboxylic acids is 1. The molecule has 106 valence electrons. The largest absolute Gasteiger partial charge is 0.477 e. The van der Waals surface area contributed by atoms with Crippen molar-refractivity contribution in [3.8, 4) is 0 Å². The molecule has 0 unspecified atom stereocenters. The van der Waals surface area contributed by atoms with Gasteiger partial charge in [0, 0.05) is 31.8 Å². The van der Waals surface area contributed by atoms with Gasteiger partial charge in [-0.25, -0.2) is 4.79 Å². The Balaban J connectivity index is 2.44. The predicted molar refractivity (Wildman–Crippen MR) is 76.3 cm³/mol. The van der Waals surface area contributed by atoms with Gasteiger partial charge >= 0.3 is 5.97 Å². The van der Waals surface area contributed by atoms with Gasteiger partial charge in [0.25, 0.3) is 0 Å². The molecule has 2 rings (SSSR count). The molecule has 20 heavy (non-hydrogen) atoms. The number of aryl methyl sites for hydroxylation is 1. The lowest BCUT2D eigenvalue weighted by Crippen LogP contribution is -2.19. The first kappa shape index (κ1) is 14.3. The number of aromatic carboxylic acids is 1. The maximum Gasteiger partial charge on any atom is 0.341 e. The van der Waals surface area contributed by atoms with Gasteiger partial charge in [-0.15, -0.1) is 0 Å². The number of hydrogen-bond donors (Lipinski definition) is 1. The first-order valence-corrected chi connectivity index (χ1v) is 6.49. The molecule has 0 radical (unpaired) electrons. The van der Waals surface area contributed by atoms with Crippen molar-refractivity contribution in [1.29, 1.82) is 0 Å². The van der Waals surface area contributed by atoms with Gasteiger partial charge in [0.2, 0.25) is 5.43 Å². The molecular weight excluding hydrogens is 258 g/mol. The molecule has 0 saturated carbocycles. The highest BCUT2D eigenvalue weighted by Crippen LogP contribution is 2.13. The zero-order valence-corrected chi connectivity index (χ0v) is 11.3. The summed E-state index contributed by atoms with van der Waals surface area (Å²) in [4.78, 5) is 23.2. The third-order valence-corrected chi connectivity index (χ3v) is 3.22. The summed E-state index contributed by atoms with van der Waals surface area (Å²) in [6.45, 7) is 1.33. The average molecular weight is 275 g/mol. The van der Waals surface area contributed by atoms with Crippen molar-refractivity contribution in [2.75, 3.05) is 13.7 Å². The van der Waals surface area contributed by atoms with Crippen LogP contribution in [0.4, 0.5) is 0 Å². The van der Waals surface area contributed by atoms with Crippen LogP contribution in [0.3, 0.4) is 0 Å².